The van der Waals surface area contributed by atoms with Crippen molar-refractivity contribution in [3.05, 3.63) is 63.9 Å². The zero-order valence-corrected chi connectivity index (χ0v) is 19.1. The van der Waals surface area contributed by atoms with E-state index in [4.69, 9.17) is 11.6 Å². The van der Waals surface area contributed by atoms with Crippen molar-refractivity contribution in [2.75, 3.05) is 6.54 Å². The molecule has 2 aliphatic carbocycles. The number of nitrogens with zero attached hydrogens (tertiary/aromatic N) is 2. The lowest BCUT2D eigenvalue weighted by Crippen LogP contribution is -2.46. The van der Waals surface area contributed by atoms with Crippen LogP contribution in [0.5, 0.6) is 0 Å². The molecule has 5 rings (SSSR count). The summed E-state index contributed by atoms with van der Waals surface area (Å²) in [5, 5.41) is 4.33. The predicted octanol–water partition coefficient (Wildman–Crippen LogP) is 5.38. The number of hydrogen-bond donors (Lipinski definition) is 1. The van der Waals surface area contributed by atoms with Crippen LogP contribution in [0.4, 0.5) is 13.2 Å². The third-order valence-electron chi connectivity index (χ3n) is 7.72. The molecule has 2 heterocycles. The number of amides is 1. The summed E-state index contributed by atoms with van der Waals surface area (Å²) in [6.45, 7) is 1.45. The van der Waals surface area contributed by atoms with E-state index in [0.717, 1.165) is 56.5 Å². The first-order valence-corrected chi connectivity index (χ1v) is 11.9. The Bertz CT molecular complexity index is 1040. The predicted molar refractivity (Wildman–Crippen MR) is 119 cm³/mol. The summed E-state index contributed by atoms with van der Waals surface area (Å²) in [6, 6.07) is 9.17. The van der Waals surface area contributed by atoms with Gasteiger partial charge in [-0.2, -0.15) is 13.2 Å². The zero-order valence-electron chi connectivity index (χ0n) is 18.3. The van der Waals surface area contributed by atoms with Crippen molar-refractivity contribution in [2.45, 2.75) is 63.8 Å². The average molecular weight is 478 g/mol. The number of rotatable bonds is 4. The Balaban J connectivity index is 1.29. The molecule has 1 aromatic heterocycles. The number of aromatic nitrogens is 1. The molecular weight excluding hydrogens is 451 g/mol. The highest BCUT2D eigenvalue weighted by Gasteiger charge is 2.56. The standard InChI is InChI=1S/C25H27ClF3N3O/c26-20-5-3-16(4-6-20)13-30-21-11-18-2-1-8-24(18,12-21)23(33)32-9-7-22-17(15-32)10-19(14-31-22)25(27,28)29/h3-6,10,14,18,21,30H,1-2,7-9,11-13,15H2. The summed E-state index contributed by atoms with van der Waals surface area (Å²) in [5.74, 6) is 0.442. The Kier molecular flexibility index (Phi) is 5.90. The van der Waals surface area contributed by atoms with Gasteiger partial charge in [-0.05, 0) is 60.9 Å². The summed E-state index contributed by atoms with van der Waals surface area (Å²) in [6.07, 6.45) is 1.64. The quantitative estimate of drug-likeness (QED) is 0.643. The van der Waals surface area contributed by atoms with Gasteiger partial charge in [0.05, 0.1) is 11.0 Å². The van der Waals surface area contributed by atoms with Crippen LogP contribution >= 0.6 is 11.6 Å². The molecule has 2 aromatic rings. The third-order valence-corrected chi connectivity index (χ3v) is 7.98. The van der Waals surface area contributed by atoms with Crippen molar-refractivity contribution in [2.24, 2.45) is 11.3 Å². The van der Waals surface area contributed by atoms with E-state index in [2.05, 4.69) is 10.3 Å². The van der Waals surface area contributed by atoms with E-state index in [1.165, 1.54) is 0 Å². The number of alkyl halides is 3. The monoisotopic (exact) mass is 477 g/mol. The summed E-state index contributed by atoms with van der Waals surface area (Å²) in [4.78, 5) is 19.6. The van der Waals surface area contributed by atoms with E-state index < -0.39 is 17.2 Å². The van der Waals surface area contributed by atoms with Gasteiger partial charge in [0, 0.05) is 49.0 Å². The number of fused-ring (bicyclic) bond motifs is 2. The van der Waals surface area contributed by atoms with Gasteiger partial charge in [-0.3, -0.25) is 9.78 Å². The zero-order chi connectivity index (χ0) is 23.2. The molecule has 1 aromatic carbocycles. The molecule has 0 radical (unpaired) electrons. The Morgan fingerprint density at radius 1 is 1.27 bits per heavy atom. The fraction of sp³-hybridized carbons (Fsp3) is 0.520. The van der Waals surface area contributed by atoms with Crippen molar-refractivity contribution < 1.29 is 18.0 Å². The van der Waals surface area contributed by atoms with Crippen molar-refractivity contribution in [3.8, 4) is 0 Å². The van der Waals surface area contributed by atoms with Crippen LogP contribution in [0.25, 0.3) is 0 Å². The van der Waals surface area contributed by atoms with Crippen LogP contribution < -0.4 is 5.32 Å². The number of benzene rings is 1. The summed E-state index contributed by atoms with van der Waals surface area (Å²) in [5.41, 5.74) is 1.19. The number of nitrogens with one attached hydrogen (secondary N) is 1. The second kappa shape index (κ2) is 8.58. The first kappa shape index (κ1) is 22.7. The molecule has 2 saturated carbocycles. The van der Waals surface area contributed by atoms with Gasteiger partial charge in [0.25, 0.3) is 0 Å². The van der Waals surface area contributed by atoms with Gasteiger partial charge in [-0.15, -0.1) is 0 Å². The minimum atomic E-state index is -4.43. The molecule has 2 fully saturated rings. The molecular formula is C25H27ClF3N3O. The Labute approximate surface area is 196 Å². The molecule has 8 heteroatoms. The van der Waals surface area contributed by atoms with Gasteiger partial charge in [0.2, 0.25) is 5.91 Å². The molecule has 1 N–H and O–H groups in total. The van der Waals surface area contributed by atoms with Crippen molar-refractivity contribution in [1.29, 1.82) is 0 Å². The van der Waals surface area contributed by atoms with Crippen molar-refractivity contribution in [3.63, 3.8) is 0 Å². The van der Waals surface area contributed by atoms with Crippen LogP contribution in [0.1, 0.15) is 54.5 Å². The topological polar surface area (TPSA) is 45.2 Å². The molecule has 4 nitrogen and oxygen atoms in total. The molecule has 3 atom stereocenters. The second-order valence-electron chi connectivity index (χ2n) is 9.69. The molecule has 0 saturated heterocycles. The molecule has 176 valence electrons. The highest BCUT2D eigenvalue weighted by atomic mass is 35.5. The van der Waals surface area contributed by atoms with Gasteiger partial charge in [0.1, 0.15) is 0 Å². The van der Waals surface area contributed by atoms with Crippen LogP contribution in [-0.2, 0) is 30.5 Å². The Morgan fingerprint density at radius 3 is 2.82 bits per heavy atom. The molecule has 33 heavy (non-hydrogen) atoms. The van der Waals surface area contributed by atoms with Gasteiger partial charge in [-0.1, -0.05) is 30.2 Å². The maximum atomic E-state index is 13.8. The number of carbonyl (C=O) groups excluding carboxylic acids is 1. The Hall–Kier alpha value is -2.12. The van der Waals surface area contributed by atoms with Gasteiger partial charge < -0.3 is 10.2 Å². The van der Waals surface area contributed by atoms with Crippen LogP contribution in [0, 0.1) is 11.3 Å². The van der Waals surface area contributed by atoms with Gasteiger partial charge in [0.15, 0.2) is 0 Å². The first-order valence-electron chi connectivity index (χ1n) is 11.6. The van der Waals surface area contributed by atoms with Crippen molar-refractivity contribution in [1.82, 2.24) is 15.2 Å². The third kappa shape index (κ3) is 4.37. The molecule has 0 bridgehead atoms. The van der Waals surface area contributed by atoms with Crippen LogP contribution in [0.2, 0.25) is 5.02 Å². The normalized spacial score (nSPS) is 26.8. The van der Waals surface area contributed by atoms with Gasteiger partial charge >= 0.3 is 6.18 Å². The largest absolute Gasteiger partial charge is 0.417 e. The van der Waals surface area contributed by atoms with Crippen LogP contribution in [0.15, 0.2) is 36.5 Å². The molecule has 3 unspecified atom stereocenters. The van der Waals surface area contributed by atoms with E-state index in [0.29, 0.717) is 35.2 Å². The van der Waals surface area contributed by atoms with Crippen molar-refractivity contribution >= 4 is 17.5 Å². The maximum Gasteiger partial charge on any atom is 0.417 e. The van der Waals surface area contributed by atoms with E-state index >= 15 is 0 Å². The first-order chi connectivity index (χ1) is 15.7. The van der Waals surface area contributed by atoms with Crippen LogP contribution in [0.3, 0.4) is 0 Å². The number of halogens is 4. The average Bonchev–Trinajstić information content (AvgIpc) is 3.35. The molecule has 0 spiro atoms. The lowest BCUT2D eigenvalue weighted by atomic mass is 9.78. The highest BCUT2D eigenvalue weighted by Crippen LogP contribution is 2.55. The van der Waals surface area contributed by atoms with E-state index in [-0.39, 0.29) is 18.5 Å². The molecule has 3 aliphatic rings. The summed E-state index contributed by atoms with van der Waals surface area (Å²) in [7, 11) is 0. The SMILES string of the molecule is O=C(N1CCc2ncc(C(F)(F)F)cc2C1)C12CCCC1CC(NCc1ccc(Cl)cc1)C2. The second-order valence-corrected chi connectivity index (χ2v) is 10.1. The fourth-order valence-corrected chi connectivity index (χ4v) is 6.21. The fourth-order valence-electron chi connectivity index (χ4n) is 6.08. The lowest BCUT2D eigenvalue weighted by Gasteiger charge is -2.37. The molecule has 1 aliphatic heterocycles. The maximum absolute atomic E-state index is 13.8. The summed E-state index contributed by atoms with van der Waals surface area (Å²) >= 11 is 5.97. The Morgan fingerprint density at radius 2 is 2.06 bits per heavy atom. The lowest BCUT2D eigenvalue weighted by molar-refractivity contribution is -0.144. The number of carbonyl (C=O) groups is 1. The minimum absolute atomic E-state index is 0.115. The van der Waals surface area contributed by atoms with E-state index in [9.17, 15) is 18.0 Å². The highest BCUT2D eigenvalue weighted by molar-refractivity contribution is 6.30. The molecule has 1 amide bonds. The smallest absolute Gasteiger partial charge is 0.337 e. The van der Waals surface area contributed by atoms with E-state index in [1.54, 1.807) is 4.90 Å². The van der Waals surface area contributed by atoms with Gasteiger partial charge in [-0.25, -0.2) is 0 Å². The van der Waals surface area contributed by atoms with E-state index in [1.807, 2.05) is 24.3 Å². The van der Waals surface area contributed by atoms with Crippen LogP contribution in [-0.4, -0.2) is 28.4 Å². The number of pyridine rings is 1. The minimum Gasteiger partial charge on any atom is -0.337 e. The summed E-state index contributed by atoms with van der Waals surface area (Å²) < 4.78 is 39.5. The number of hydrogen-bond acceptors (Lipinski definition) is 3.